The quantitative estimate of drug-likeness (QED) is 0.889. The minimum atomic E-state index is -0.236. The number of carbonyl (C=O) groups excluding carboxylic acids is 2. The summed E-state index contributed by atoms with van der Waals surface area (Å²) in [5.74, 6) is -0.0896. The van der Waals surface area contributed by atoms with Crippen molar-refractivity contribution in [2.24, 2.45) is 0 Å². The number of rotatable bonds is 3. The maximum Gasteiger partial charge on any atom is 0.247 e. The molecule has 4 rings (SSSR count). The second-order valence-electron chi connectivity index (χ2n) is 6.44. The summed E-state index contributed by atoms with van der Waals surface area (Å²) >= 11 is 6.12. The molecule has 2 N–H and O–H groups in total. The fraction of sp³-hybridized carbons (Fsp3) is 0.263. The molecule has 2 aliphatic rings. The number of para-hydroxylation sites is 2. The van der Waals surface area contributed by atoms with Gasteiger partial charge < -0.3 is 15.5 Å². The molecule has 0 unspecified atom stereocenters. The lowest BCUT2D eigenvalue weighted by Gasteiger charge is -2.32. The van der Waals surface area contributed by atoms with Gasteiger partial charge in [-0.25, -0.2) is 0 Å². The van der Waals surface area contributed by atoms with Crippen LogP contribution in [-0.4, -0.2) is 30.4 Å². The van der Waals surface area contributed by atoms with E-state index in [0.717, 1.165) is 16.9 Å². The number of nitrogens with one attached hydrogen (secondary N) is 2. The van der Waals surface area contributed by atoms with Gasteiger partial charge in [0.1, 0.15) is 6.04 Å². The monoisotopic (exact) mass is 355 g/mol. The van der Waals surface area contributed by atoms with Crippen molar-refractivity contribution in [3.8, 4) is 0 Å². The second-order valence-corrected chi connectivity index (χ2v) is 6.85. The predicted octanol–water partition coefficient (Wildman–Crippen LogP) is 2.60. The number of hydrogen-bond donors (Lipinski definition) is 2. The molecule has 2 aromatic carbocycles. The molecule has 0 aromatic heterocycles. The zero-order chi connectivity index (χ0) is 17.4. The van der Waals surface area contributed by atoms with Crippen LogP contribution in [0.3, 0.4) is 0 Å². The summed E-state index contributed by atoms with van der Waals surface area (Å²) < 4.78 is 0. The molecule has 0 bridgehead atoms. The van der Waals surface area contributed by atoms with E-state index in [1.807, 2.05) is 42.5 Å². The van der Waals surface area contributed by atoms with Gasteiger partial charge in [-0.15, -0.1) is 0 Å². The predicted molar refractivity (Wildman–Crippen MR) is 97.9 cm³/mol. The Morgan fingerprint density at radius 2 is 1.96 bits per heavy atom. The first-order valence-corrected chi connectivity index (χ1v) is 8.69. The van der Waals surface area contributed by atoms with Gasteiger partial charge in [-0.3, -0.25) is 9.59 Å². The minimum absolute atomic E-state index is 0.0125. The zero-order valence-corrected chi connectivity index (χ0v) is 14.3. The van der Waals surface area contributed by atoms with Gasteiger partial charge in [0.25, 0.3) is 0 Å². The highest BCUT2D eigenvalue weighted by Crippen LogP contribution is 2.36. The molecular weight excluding hydrogens is 338 g/mol. The third-order valence-corrected chi connectivity index (χ3v) is 5.12. The number of fused-ring (bicyclic) bond motifs is 3. The van der Waals surface area contributed by atoms with Crippen molar-refractivity contribution in [1.82, 2.24) is 5.32 Å². The van der Waals surface area contributed by atoms with E-state index in [9.17, 15) is 9.59 Å². The van der Waals surface area contributed by atoms with Crippen LogP contribution in [0.5, 0.6) is 0 Å². The van der Waals surface area contributed by atoms with E-state index in [4.69, 9.17) is 11.6 Å². The molecule has 2 aromatic rings. The van der Waals surface area contributed by atoms with Crippen LogP contribution in [-0.2, 0) is 16.0 Å². The Morgan fingerprint density at radius 1 is 1.20 bits per heavy atom. The largest absolute Gasteiger partial charge is 0.356 e. The molecular formula is C19H18ClN3O2. The first-order chi connectivity index (χ1) is 12.1. The van der Waals surface area contributed by atoms with Crippen LogP contribution in [0, 0.1) is 0 Å². The molecule has 2 aliphatic heterocycles. The highest BCUT2D eigenvalue weighted by molar-refractivity contribution is 6.31. The molecule has 1 fully saturated rings. The Kier molecular flexibility index (Phi) is 4.09. The Balaban J connectivity index is 1.45. The first kappa shape index (κ1) is 16.0. The van der Waals surface area contributed by atoms with Crippen LogP contribution >= 0.6 is 11.6 Å². The topological polar surface area (TPSA) is 61.4 Å². The number of anilines is 2. The first-order valence-electron chi connectivity index (χ1n) is 8.31. The van der Waals surface area contributed by atoms with E-state index in [-0.39, 0.29) is 30.3 Å². The third-order valence-electron chi connectivity index (χ3n) is 4.75. The van der Waals surface area contributed by atoms with E-state index in [1.54, 1.807) is 6.07 Å². The van der Waals surface area contributed by atoms with Crippen molar-refractivity contribution in [3.63, 3.8) is 0 Å². The van der Waals surface area contributed by atoms with Crippen molar-refractivity contribution in [2.45, 2.75) is 24.9 Å². The lowest BCUT2D eigenvalue weighted by molar-refractivity contribution is -0.121. The fourth-order valence-corrected chi connectivity index (χ4v) is 3.80. The molecule has 0 radical (unpaired) electrons. The summed E-state index contributed by atoms with van der Waals surface area (Å²) in [7, 11) is 0. The van der Waals surface area contributed by atoms with Crippen molar-refractivity contribution in [3.05, 3.63) is 59.1 Å². The molecule has 0 aliphatic carbocycles. The SMILES string of the molecule is O=C(Cc1ccccc1Cl)N[C@@H]1C[C@H]2C(=O)Nc3ccccc3N2C1. The van der Waals surface area contributed by atoms with E-state index in [0.29, 0.717) is 18.0 Å². The van der Waals surface area contributed by atoms with Crippen LogP contribution in [0.1, 0.15) is 12.0 Å². The van der Waals surface area contributed by atoms with Gasteiger partial charge >= 0.3 is 0 Å². The average Bonchev–Trinajstić information content (AvgIpc) is 3.01. The number of amides is 2. The van der Waals surface area contributed by atoms with Gasteiger partial charge in [0.15, 0.2) is 0 Å². The van der Waals surface area contributed by atoms with Crippen LogP contribution in [0.4, 0.5) is 11.4 Å². The minimum Gasteiger partial charge on any atom is -0.356 e. The lowest BCUT2D eigenvalue weighted by atomic mass is 10.1. The van der Waals surface area contributed by atoms with Crippen LogP contribution in [0.2, 0.25) is 5.02 Å². The number of nitrogens with zero attached hydrogens (tertiary/aromatic N) is 1. The molecule has 2 amide bonds. The summed E-state index contributed by atoms with van der Waals surface area (Å²) in [6, 6.07) is 14.8. The van der Waals surface area contributed by atoms with Gasteiger partial charge in [0.05, 0.1) is 17.8 Å². The number of carbonyl (C=O) groups is 2. The van der Waals surface area contributed by atoms with Gasteiger partial charge in [0.2, 0.25) is 11.8 Å². The Labute approximate surface area is 151 Å². The summed E-state index contributed by atoms with van der Waals surface area (Å²) in [4.78, 5) is 26.8. The maximum atomic E-state index is 12.4. The molecule has 5 nitrogen and oxygen atoms in total. The molecule has 2 atom stereocenters. The van der Waals surface area contributed by atoms with Crippen molar-refractivity contribution >= 4 is 34.8 Å². The van der Waals surface area contributed by atoms with E-state index < -0.39 is 0 Å². The molecule has 2 heterocycles. The average molecular weight is 356 g/mol. The van der Waals surface area contributed by atoms with Gasteiger partial charge in [-0.05, 0) is 30.2 Å². The van der Waals surface area contributed by atoms with E-state index in [1.165, 1.54) is 0 Å². The van der Waals surface area contributed by atoms with E-state index >= 15 is 0 Å². The van der Waals surface area contributed by atoms with Crippen LogP contribution in [0.15, 0.2) is 48.5 Å². The highest BCUT2D eigenvalue weighted by Gasteiger charge is 2.41. The number of benzene rings is 2. The summed E-state index contributed by atoms with van der Waals surface area (Å²) in [6.07, 6.45) is 0.845. The Bertz CT molecular complexity index is 839. The molecule has 25 heavy (non-hydrogen) atoms. The van der Waals surface area contributed by atoms with E-state index in [2.05, 4.69) is 15.5 Å². The number of hydrogen-bond acceptors (Lipinski definition) is 3. The molecule has 1 saturated heterocycles. The molecule has 0 saturated carbocycles. The fourth-order valence-electron chi connectivity index (χ4n) is 3.59. The summed E-state index contributed by atoms with van der Waals surface area (Å²) in [6.45, 7) is 0.628. The zero-order valence-electron chi connectivity index (χ0n) is 13.5. The highest BCUT2D eigenvalue weighted by atomic mass is 35.5. The standard InChI is InChI=1S/C19H18ClN3O2/c20-14-6-2-1-5-12(14)9-18(24)21-13-10-17-19(25)22-15-7-3-4-8-16(15)23(17)11-13/h1-8,13,17H,9-11H2,(H,21,24)(H,22,25)/t13-,17+/m1/s1. The lowest BCUT2D eigenvalue weighted by Crippen LogP contribution is -2.44. The summed E-state index contributed by atoms with van der Waals surface area (Å²) in [5.41, 5.74) is 2.64. The van der Waals surface area contributed by atoms with Gasteiger partial charge in [0, 0.05) is 17.6 Å². The van der Waals surface area contributed by atoms with Gasteiger partial charge in [-0.1, -0.05) is 41.9 Å². The molecule has 6 heteroatoms. The molecule has 128 valence electrons. The van der Waals surface area contributed by atoms with Crippen molar-refractivity contribution < 1.29 is 9.59 Å². The number of halogens is 1. The second kappa shape index (κ2) is 6.41. The third kappa shape index (κ3) is 3.07. The van der Waals surface area contributed by atoms with Crippen LogP contribution in [0.25, 0.3) is 0 Å². The Hall–Kier alpha value is -2.53. The van der Waals surface area contributed by atoms with Gasteiger partial charge in [-0.2, -0.15) is 0 Å². The molecule has 0 spiro atoms. The van der Waals surface area contributed by atoms with Crippen molar-refractivity contribution in [2.75, 3.05) is 16.8 Å². The Morgan fingerprint density at radius 3 is 2.80 bits per heavy atom. The van der Waals surface area contributed by atoms with Crippen LogP contribution < -0.4 is 15.5 Å². The smallest absolute Gasteiger partial charge is 0.247 e. The van der Waals surface area contributed by atoms with Crippen molar-refractivity contribution in [1.29, 1.82) is 0 Å². The summed E-state index contributed by atoms with van der Waals surface area (Å²) in [5, 5.41) is 6.58. The normalized spacial score (nSPS) is 21.3. The maximum absolute atomic E-state index is 12.4.